The van der Waals surface area contributed by atoms with E-state index in [0.29, 0.717) is 17.5 Å². The quantitative estimate of drug-likeness (QED) is 0.433. The SMILES string of the molecule is COC(=O)c1ccc(C(=O)c2ccccc2Cc2ccccc2)cc1N. The third-order valence-corrected chi connectivity index (χ3v) is 4.22. The van der Waals surface area contributed by atoms with E-state index in [1.807, 2.05) is 54.6 Å². The summed E-state index contributed by atoms with van der Waals surface area (Å²) in [5.74, 6) is -0.648. The molecule has 0 bridgehead atoms. The molecular formula is C22H19NO3. The molecule has 4 heteroatoms. The number of benzene rings is 3. The number of nitrogen functional groups attached to an aromatic ring is 1. The molecule has 0 aliphatic rings. The lowest BCUT2D eigenvalue weighted by atomic mass is 9.93. The summed E-state index contributed by atoms with van der Waals surface area (Å²) in [5.41, 5.74) is 9.54. The van der Waals surface area contributed by atoms with Gasteiger partial charge in [0.25, 0.3) is 0 Å². The first-order valence-corrected chi connectivity index (χ1v) is 8.24. The number of ketones is 1. The first kappa shape index (κ1) is 17.4. The zero-order valence-electron chi connectivity index (χ0n) is 14.4. The van der Waals surface area contributed by atoms with Gasteiger partial charge in [-0.25, -0.2) is 4.79 Å². The van der Waals surface area contributed by atoms with Gasteiger partial charge >= 0.3 is 5.97 Å². The van der Waals surface area contributed by atoms with E-state index < -0.39 is 5.97 Å². The van der Waals surface area contributed by atoms with Gasteiger partial charge in [-0.2, -0.15) is 0 Å². The van der Waals surface area contributed by atoms with Gasteiger partial charge in [0.2, 0.25) is 0 Å². The van der Waals surface area contributed by atoms with Crippen LogP contribution in [0.4, 0.5) is 5.69 Å². The number of hydrogen-bond donors (Lipinski definition) is 1. The zero-order valence-corrected chi connectivity index (χ0v) is 14.4. The van der Waals surface area contributed by atoms with Crippen molar-refractivity contribution in [2.45, 2.75) is 6.42 Å². The standard InChI is InChI=1S/C22H19NO3/c1-26-22(25)19-12-11-17(14-20(19)23)21(24)18-10-6-5-9-16(18)13-15-7-3-2-4-8-15/h2-12,14H,13,23H2,1H3. The van der Waals surface area contributed by atoms with Crippen molar-refractivity contribution in [3.8, 4) is 0 Å². The normalized spacial score (nSPS) is 10.3. The predicted octanol–water partition coefficient (Wildman–Crippen LogP) is 3.88. The van der Waals surface area contributed by atoms with E-state index in [2.05, 4.69) is 4.74 Å². The Bertz CT molecular complexity index is 949. The van der Waals surface area contributed by atoms with Gasteiger partial charge in [-0.15, -0.1) is 0 Å². The lowest BCUT2D eigenvalue weighted by Crippen LogP contribution is -2.10. The van der Waals surface area contributed by atoms with Crippen LogP contribution >= 0.6 is 0 Å². The molecule has 0 saturated heterocycles. The molecule has 0 amide bonds. The maximum absolute atomic E-state index is 13.0. The summed E-state index contributed by atoms with van der Waals surface area (Å²) in [7, 11) is 1.29. The van der Waals surface area contributed by atoms with Crippen molar-refractivity contribution in [1.82, 2.24) is 0 Å². The molecule has 0 saturated carbocycles. The number of anilines is 1. The monoisotopic (exact) mass is 345 g/mol. The van der Waals surface area contributed by atoms with E-state index in [1.165, 1.54) is 19.2 Å². The van der Waals surface area contributed by atoms with Crippen molar-refractivity contribution in [1.29, 1.82) is 0 Å². The van der Waals surface area contributed by atoms with Gasteiger partial charge in [0.15, 0.2) is 5.78 Å². The predicted molar refractivity (Wildman–Crippen MR) is 101 cm³/mol. The average molecular weight is 345 g/mol. The molecule has 0 aromatic heterocycles. The third kappa shape index (κ3) is 3.64. The Kier molecular flexibility index (Phi) is 5.13. The van der Waals surface area contributed by atoms with Crippen molar-refractivity contribution in [2.75, 3.05) is 12.8 Å². The highest BCUT2D eigenvalue weighted by molar-refractivity contribution is 6.11. The maximum atomic E-state index is 13.0. The molecule has 2 N–H and O–H groups in total. The van der Waals surface area contributed by atoms with Crippen molar-refractivity contribution < 1.29 is 14.3 Å². The van der Waals surface area contributed by atoms with E-state index in [-0.39, 0.29) is 17.0 Å². The second-order valence-corrected chi connectivity index (χ2v) is 5.94. The number of carbonyl (C=O) groups is 2. The van der Waals surface area contributed by atoms with Crippen LogP contribution in [-0.4, -0.2) is 18.9 Å². The van der Waals surface area contributed by atoms with Gasteiger partial charge in [-0.3, -0.25) is 4.79 Å². The highest BCUT2D eigenvalue weighted by atomic mass is 16.5. The highest BCUT2D eigenvalue weighted by Gasteiger charge is 2.17. The van der Waals surface area contributed by atoms with Gasteiger partial charge in [0, 0.05) is 16.8 Å². The second kappa shape index (κ2) is 7.66. The van der Waals surface area contributed by atoms with Gasteiger partial charge in [0.05, 0.1) is 12.7 Å². The molecule has 0 aliphatic carbocycles. The lowest BCUT2D eigenvalue weighted by Gasteiger charge is -2.10. The Morgan fingerprint density at radius 2 is 1.58 bits per heavy atom. The molecule has 3 aromatic rings. The minimum Gasteiger partial charge on any atom is -0.465 e. The van der Waals surface area contributed by atoms with Gasteiger partial charge in [-0.1, -0.05) is 60.7 Å². The Morgan fingerprint density at radius 3 is 2.27 bits per heavy atom. The molecule has 4 nitrogen and oxygen atoms in total. The molecule has 0 atom stereocenters. The number of esters is 1. The van der Waals surface area contributed by atoms with Crippen LogP contribution in [0, 0.1) is 0 Å². The maximum Gasteiger partial charge on any atom is 0.339 e. The van der Waals surface area contributed by atoms with Gasteiger partial charge in [0.1, 0.15) is 0 Å². The molecule has 0 unspecified atom stereocenters. The molecule has 3 rings (SSSR count). The van der Waals surface area contributed by atoms with Crippen LogP contribution in [0.15, 0.2) is 72.8 Å². The second-order valence-electron chi connectivity index (χ2n) is 5.94. The number of ether oxygens (including phenoxy) is 1. The molecule has 3 aromatic carbocycles. The third-order valence-electron chi connectivity index (χ3n) is 4.22. The van der Waals surface area contributed by atoms with Crippen molar-refractivity contribution in [2.24, 2.45) is 0 Å². The number of rotatable bonds is 5. The fourth-order valence-electron chi connectivity index (χ4n) is 2.87. The van der Waals surface area contributed by atoms with Crippen LogP contribution < -0.4 is 5.73 Å². The van der Waals surface area contributed by atoms with Gasteiger partial charge < -0.3 is 10.5 Å². The van der Waals surface area contributed by atoms with Crippen LogP contribution in [0.25, 0.3) is 0 Å². The summed E-state index contributed by atoms with van der Waals surface area (Å²) in [6.45, 7) is 0. The van der Waals surface area contributed by atoms with E-state index >= 15 is 0 Å². The van der Waals surface area contributed by atoms with E-state index in [4.69, 9.17) is 5.73 Å². The number of carbonyl (C=O) groups excluding carboxylic acids is 2. The van der Waals surface area contributed by atoms with Crippen LogP contribution in [0.1, 0.15) is 37.4 Å². The number of nitrogens with two attached hydrogens (primary N) is 1. The Hall–Kier alpha value is -3.40. The molecule has 0 fully saturated rings. The summed E-state index contributed by atoms with van der Waals surface area (Å²) in [6, 6.07) is 22.2. The van der Waals surface area contributed by atoms with Crippen molar-refractivity contribution in [3.63, 3.8) is 0 Å². The fraction of sp³-hybridized carbons (Fsp3) is 0.0909. The summed E-state index contributed by atoms with van der Waals surface area (Å²) in [4.78, 5) is 24.6. The first-order chi connectivity index (χ1) is 12.6. The smallest absolute Gasteiger partial charge is 0.339 e. The zero-order chi connectivity index (χ0) is 18.5. The molecule has 0 aliphatic heterocycles. The minimum atomic E-state index is -0.522. The molecule has 130 valence electrons. The molecule has 26 heavy (non-hydrogen) atoms. The Labute approximate surface area is 152 Å². The summed E-state index contributed by atoms with van der Waals surface area (Å²) >= 11 is 0. The van der Waals surface area contributed by atoms with E-state index in [0.717, 1.165) is 11.1 Å². The highest BCUT2D eigenvalue weighted by Crippen LogP contribution is 2.21. The van der Waals surface area contributed by atoms with Crippen molar-refractivity contribution >= 4 is 17.4 Å². The van der Waals surface area contributed by atoms with Crippen LogP contribution in [0.5, 0.6) is 0 Å². The van der Waals surface area contributed by atoms with E-state index in [1.54, 1.807) is 6.07 Å². The van der Waals surface area contributed by atoms with Gasteiger partial charge in [-0.05, 0) is 29.7 Å². The molecular weight excluding hydrogens is 326 g/mol. The number of hydrogen-bond acceptors (Lipinski definition) is 4. The topological polar surface area (TPSA) is 69.4 Å². The van der Waals surface area contributed by atoms with Crippen molar-refractivity contribution in [3.05, 3.63) is 101 Å². The first-order valence-electron chi connectivity index (χ1n) is 8.24. The van der Waals surface area contributed by atoms with Crippen LogP contribution in [-0.2, 0) is 11.2 Å². The molecule has 0 radical (unpaired) electrons. The molecule has 0 heterocycles. The average Bonchev–Trinajstić information content (AvgIpc) is 2.68. The Balaban J connectivity index is 1.93. The summed E-state index contributed by atoms with van der Waals surface area (Å²) in [6.07, 6.45) is 0.665. The van der Waals surface area contributed by atoms with Crippen LogP contribution in [0.3, 0.4) is 0 Å². The summed E-state index contributed by atoms with van der Waals surface area (Å²) in [5, 5.41) is 0. The Morgan fingerprint density at radius 1 is 0.885 bits per heavy atom. The number of methoxy groups -OCH3 is 1. The minimum absolute atomic E-state index is 0.125. The van der Waals surface area contributed by atoms with E-state index in [9.17, 15) is 9.59 Å². The molecule has 0 spiro atoms. The fourth-order valence-corrected chi connectivity index (χ4v) is 2.87. The largest absolute Gasteiger partial charge is 0.465 e. The summed E-state index contributed by atoms with van der Waals surface area (Å²) < 4.78 is 4.68. The lowest BCUT2D eigenvalue weighted by molar-refractivity contribution is 0.0601. The van der Waals surface area contributed by atoms with Crippen LogP contribution in [0.2, 0.25) is 0 Å².